The third kappa shape index (κ3) is 3.52. The average molecular weight is 300 g/mol. The first-order valence-corrected chi connectivity index (χ1v) is 7.05. The van der Waals surface area contributed by atoms with Crippen LogP contribution in [0, 0.1) is 0 Å². The smallest absolute Gasteiger partial charge is 0.233 e. The predicted molar refractivity (Wildman–Crippen MR) is 70.6 cm³/mol. The van der Waals surface area contributed by atoms with Crippen LogP contribution in [0.1, 0.15) is 19.8 Å². The molecule has 0 spiro atoms. The van der Waals surface area contributed by atoms with Gasteiger partial charge in [0.05, 0.1) is 5.25 Å². The normalized spacial score (nSPS) is 16.9. The summed E-state index contributed by atoms with van der Waals surface area (Å²) < 4.78 is 1.06. The molecule has 86 valence electrons. The van der Waals surface area contributed by atoms with Gasteiger partial charge < -0.3 is 5.32 Å². The van der Waals surface area contributed by atoms with Crippen LogP contribution in [-0.2, 0) is 4.79 Å². The molecule has 1 aliphatic rings. The highest BCUT2D eigenvalue weighted by Gasteiger charge is 2.25. The van der Waals surface area contributed by atoms with Gasteiger partial charge in [0.2, 0.25) is 5.91 Å². The molecule has 1 aromatic carbocycles. The summed E-state index contributed by atoms with van der Waals surface area (Å²) in [4.78, 5) is 12.9. The van der Waals surface area contributed by atoms with Crippen molar-refractivity contribution in [2.75, 3.05) is 0 Å². The lowest BCUT2D eigenvalue weighted by Crippen LogP contribution is -2.32. The van der Waals surface area contributed by atoms with Crippen LogP contribution in [0.5, 0.6) is 0 Å². The van der Waals surface area contributed by atoms with E-state index >= 15 is 0 Å². The molecule has 1 aliphatic carbocycles. The fraction of sp³-hybridized carbons (Fsp3) is 0.417. The number of rotatable bonds is 4. The lowest BCUT2D eigenvalue weighted by atomic mass is 10.4. The number of hydrogen-bond donors (Lipinski definition) is 1. The SMILES string of the molecule is C[C@H](Sc1ccc(Br)cc1)C(=O)NC1CC1. The van der Waals surface area contributed by atoms with Gasteiger partial charge in [0.25, 0.3) is 0 Å². The Balaban J connectivity index is 1.87. The number of nitrogens with one attached hydrogen (secondary N) is 1. The molecule has 0 bridgehead atoms. The lowest BCUT2D eigenvalue weighted by Gasteiger charge is -2.11. The van der Waals surface area contributed by atoms with Crippen molar-refractivity contribution in [3.63, 3.8) is 0 Å². The molecule has 16 heavy (non-hydrogen) atoms. The van der Waals surface area contributed by atoms with Crippen LogP contribution >= 0.6 is 27.7 Å². The molecule has 1 N–H and O–H groups in total. The third-order valence-corrected chi connectivity index (χ3v) is 4.06. The van der Waals surface area contributed by atoms with Gasteiger partial charge in [0, 0.05) is 15.4 Å². The summed E-state index contributed by atoms with van der Waals surface area (Å²) in [6, 6.07) is 8.48. The van der Waals surface area contributed by atoms with Gasteiger partial charge in [-0.15, -0.1) is 11.8 Å². The van der Waals surface area contributed by atoms with Crippen LogP contribution in [0.15, 0.2) is 33.6 Å². The number of carbonyl (C=O) groups excluding carboxylic acids is 1. The van der Waals surface area contributed by atoms with Crippen molar-refractivity contribution in [1.82, 2.24) is 5.32 Å². The summed E-state index contributed by atoms with van der Waals surface area (Å²) in [7, 11) is 0. The number of carbonyl (C=O) groups is 1. The molecule has 0 unspecified atom stereocenters. The second-order valence-corrected chi connectivity index (χ2v) is 6.33. The highest BCUT2D eigenvalue weighted by molar-refractivity contribution is 9.10. The van der Waals surface area contributed by atoms with Crippen LogP contribution in [0.2, 0.25) is 0 Å². The van der Waals surface area contributed by atoms with E-state index in [0.717, 1.165) is 22.2 Å². The molecule has 0 saturated heterocycles. The van der Waals surface area contributed by atoms with Crippen molar-refractivity contribution in [3.05, 3.63) is 28.7 Å². The summed E-state index contributed by atoms with van der Waals surface area (Å²) in [5, 5.41) is 2.99. The number of halogens is 1. The van der Waals surface area contributed by atoms with Crippen molar-refractivity contribution in [1.29, 1.82) is 0 Å². The van der Waals surface area contributed by atoms with Crippen LogP contribution in [0.4, 0.5) is 0 Å². The summed E-state index contributed by atoms with van der Waals surface area (Å²) in [6.07, 6.45) is 2.28. The molecule has 1 atom stereocenters. The predicted octanol–water partition coefficient (Wildman–Crippen LogP) is 3.21. The second-order valence-electron chi connectivity index (χ2n) is 4.00. The monoisotopic (exact) mass is 299 g/mol. The molecule has 1 amide bonds. The van der Waals surface area contributed by atoms with Gasteiger partial charge in [-0.3, -0.25) is 4.79 Å². The van der Waals surface area contributed by atoms with E-state index in [1.807, 2.05) is 31.2 Å². The van der Waals surface area contributed by atoms with Gasteiger partial charge >= 0.3 is 0 Å². The van der Waals surface area contributed by atoms with Crippen LogP contribution in [0.25, 0.3) is 0 Å². The molecule has 0 aromatic heterocycles. The quantitative estimate of drug-likeness (QED) is 0.865. The van der Waals surface area contributed by atoms with Crippen molar-refractivity contribution >= 4 is 33.6 Å². The Kier molecular flexibility index (Phi) is 3.92. The Labute approximate surface area is 108 Å². The van der Waals surface area contributed by atoms with Gasteiger partial charge in [0.15, 0.2) is 0 Å². The standard InChI is InChI=1S/C12H14BrNOS/c1-8(12(15)14-10-4-5-10)16-11-6-2-9(13)3-7-11/h2-3,6-8,10H,4-5H2,1H3,(H,14,15)/t8-/m0/s1. The molecule has 0 heterocycles. The maximum Gasteiger partial charge on any atom is 0.233 e. The maximum absolute atomic E-state index is 11.7. The number of hydrogen-bond acceptors (Lipinski definition) is 2. The molecular formula is C12H14BrNOS. The van der Waals surface area contributed by atoms with E-state index in [1.54, 1.807) is 11.8 Å². The van der Waals surface area contributed by atoms with Crippen LogP contribution in [-0.4, -0.2) is 17.2 Å². The van der Waals surface area contributed by atoms with E-state index in [9.17, 15) is 4.79 Å². The van der Waals surface area contributed by atoms with Gasteiger partial charge in [-0.25, -0.2) is 0 Å². The summed E-state index contributed by atoms with van der Waals surface area (Å²) in [6.45, 7) is 1.95. The van der Waals surface area contributed by atoms with E-state index < -0.39 is 0 Å². The Morgan fingerprint density at radius 3 is 2.62 bits per heavy atom. The summed E-state index contributed by atoms with van der Waals surface area (Å²) >= 11 is 4.99. The highest BCUT2D eigenvalue weighted by atomic mass is 79.9. The Morgan fingerprint density at radius 1 is 1.44 bits per heavy atom. The summed E-state index contributed by atoms with van der Waals surface area (Å²) in [5.41, 5.74) is 0. The first-order valence-electron chi connectivity index (χ1n) is 5.38. The zero-order valence-electron chi connectivity index (χ0n) is 9.07. The molecule has 1 aromatic rings. The van der Waals surface area contributed by atoms with E-state index in [0.29, 0.717) is 6.04 Å². The number of benzene rings is 1. The fourth-order valence-corrected chi connectivity index (χ4v) is 2.46. The number of thioether (sulfide) groups is 1. The van der Waals surface area contributed by atoms with Gasteiger partial charge in [0.1, 0.15) is 0 Å². The van der Waals surface area contributed by atoms with E-state index in [4.69, 9.17) is 0 Å². The van der Waals surface area contributed by atoms with Gasteiger partial charge in [-0.1, -0.05) is 15.9 Å². The minimum absolute atomic E-state index is 0.0261. The molecule has 2 rings (SSSR count). The molecule has 2 nitrogen and oxygen atoms in total. The average Bonchev–Trinajstić information content (AvgIpc) is 3.05. The molecule has 0 radical (unpaired) electrons. The van der Waals surface area contributed by atoms with Gasteiger partial charge in [-0.05, 0) is 44.0 Å². The van der Waals surface area contributed by atoms with Crippen molar-refractivity contribution < 1.29 is 4.79 Å². The molecule has 1 saturated carbocycles. The second kappa shape index (κ2) is 5.23. The molecular weight excluding hydrogens is 286 g/mol. The number of amides is 1. The van der Waals surface area contributed by atoms with Crippen LogP contribution < -0.4 is 5.32 Å². The first kappa shape index (κ1) is 12.0. The zero-order valence-corrected chi connectivity index (χ0v) is 11.5. The van der Waals surface area contributed by atoms with E-state index in [-0.39, 0.29) is 11.2 Å². The lowest BCUT2D eigenvalue weighted by molar-refractivity contribution is -0.120. The fourth-order valence-electron chi connectivity index (χ4n) is 1.32. The minimum Gasteiger partial charge on any atom is -0.352 e. The van der Waals surface area contributed by atoms with Crippen LogP contribution in [0.3, 0.4) is 0 Å². The van der Waals surface area contributed by atoms with Crippen molar-refractivity contribution in [2.45, 2.75) is 36.0 Å². The summed E-state index contributed by atoms with van der Waals surface area (Å²) in [5.74, 6) is 0.149. The minimum atomic E-state index is -0.0261. The Morgan fingerprint density at radius 2 is 2.06 bits per heavy atom. The van der Waals surface area contributed by atoms with Crippen molar-refractivity contribution in [2.24, 2.45) is 0 Å². The zero-order chi connectivity index (χ0) is 11.5. The molecule has 1 fully saturated rings. The first-order chi connectivity index (χ1) is 7.65. The van der Waals surface area contributed by atoms with E-state index in [2.05, 4.69) is 21.2 Å². The topological polar surface area (TPSA) is 29.1 Å². The van der Waals surface area contributed by atoms with Gasteiger partial charge in [-0.2, -0.15) is 0 Å². The largest absolute Gasteiger partial charge is 0.352 e. The molecule has 4 heteroatoms. The Hall–Kier alpha value is -0.480. The molecule has 0 aliphatic heterocycles. The van der Waals surface area contributed by atoms with Crippen molar-refractivity contribution in [3.8, 4) is 0 Å². The maximum atomic E-state index is 11.7. The van der Waals surface area contributed by atoms with E-state index in [1.165, 1.54) is 0 Å². The highest BCUT2D eigenvalue weighted by Crippen LogP contribution is 2.26. The third-order valence-electron chi connectivity index (χ3n) is 2.42. The Bertz CT molecular complexity index is 375.